The van der Waals surface area contributed by atoms with Crippen molar-refractivity contribution >= 4 is 58.5 Å². The van der Waals surface area contributed by atoms with Crippen molar-refractivity contribution in [1.29, 1.82) is 5.26 Å². The van der Waals surface area contributed by atoms with E-state index in [-0.39, 0.29) is 59.2 Å². The molecule has 3 aliphatic heterocycles. The average molecular weight is 908 g/mol. The Hall–Kier alpha value is -7.61. The van der Waals surface area contributed by atoms with E-state index < -0.39 is 11.9 Å². The summed E-state index contributed by atoms with van der Waals surface area (Å²) in [5.41, 5.74) is 4.68. The van der Waals surface area contributed by atoms with E-state index in [0.717, 1.165) is 54.7 Å². The fourth-order valence-electron chi connectivity index (χ4n) is 8.73. The Bertz CT molecular complexity index is 2590. The van der Waals surface area contributed by atoms with E-state index in [9.17, 15) is 29.2 Å². The molecule has 0 bridgehead atoms. The van der Waals surface area contributed by atoms with E-state index in [2.05, 4.69) is 69.7 Å². The number of carbonyl (C=O) groups excluding carboxylic acids is 5. The van der Waals surface area contributed by atoms with Crippen LogP contribution in [0.15, 0.2) is 67.0 Å². The van der Waals surface area contributed by atoms with Crippen LogP contribution in [0.25, 0.3) is 0 Å². The summed E-state index contributed by atoms with van der Waals surface area (Å²) in [6, 6.07) is 18.6. The van der Waals surface area contributed by atoms with Crippen molar-refractivity contribution in [3.05, 3.63) is 94.9 Å². The molecule has 1 atom stereocenters. The summed E-state index contributed by atoms with van der Waals surface area (Å²) in [5.74, 6) is 5.51. The number of hydrogen-bond acceptors (Lipinski definition) is 14. The Kier molecular flexibility index (Phi) is 14.8. The van der Waals surface area contributed by atoms with Crippen LogP contribution in [0, 0.1) is 23.2 Å². The number of piperazine rings is 1. The molecule has 1 aliphatic carbocycles. The van der Waals surface area contributed by atoms with Crippen LogP contribution >= 0.6 is 0 Å². The Labute approximate surface area is 388 Å². The smallest absolute Gasteiger partial charge is 0.317 e. The van der Waals surface area contributed by atoms with Gasteiger partial charge < -0.3 is 46.0 Å². The number of carbonyl (C=O) groups is 5. The predicted octanol–water partition coefficient (Wildman–Crippen LogP) is 3.54. The number of anilines is 5. The molecule has 1 saturated carbocycles. The van der Waals surface area contributed by atoms with Crippen LogP contribution in [0.1, 0.15) is 82.5 Å². The van der Waals surface area contributed by atoms with E-state index in [4.69, 9.17) is 4.74 Å². The summed E-state index contributed by atoms with van der Waals surface area (Å²) in [4.78, 5) is 81.3. The lowest BCUT2D eigenvalue weighted by molar-refractivity contribution is -0.136. The summed E-state index contributed by atoms with van der Waals surface area (Å²) in [5, 5.41) is 27.7. The first-order valence-electron chi connectivity index (χ1n) is 22.6. The SMILES string of the molecule is CNC(=O)c1ncccc1Nc1nc(Nc2ccc(N3CCN(C(=O)NC4CCC(NCCOCCC#Cc5cccc6c5CN(C5CCC(=O)NC5=O)C6=O)CC4)CC3)cc2)ncc1C#N. The van der Waals surface area contributed by atoms with Crippen LogP contribution < -0.4 is 36.8 Å². The van der Waals surface area contributed by atoms with Gasteiger partial charge in [0.15, 0.2) is 11.5 Å². The maximum absolute atomic E-state index is 13.2. The molecule has 2 saturated heterocycles. The molecule has 6 amide bonds. The van der Waals surface area contributed by atoms with Gasteiger partial charge in [0.25, 0.3) is 11.8 Å². The molecule has 6 N–H and O–H groups in total. The number of pyridine rings is 1. The lowest BCUT2D eigenvalue weighted by atomic mass is 9.91. The Morgan fingerprint density at radius 1 is 0.896 bits per heavy atom. The van der Waals surface area contributed by atoms with Crippen LogP contribution in [0.4, 0.5) is 33.6 Å². The Morgan fingerprint density at radius 2 is 1.69 bits per heavy atom. The quantitative estimate of drug-likeness (QED) is 0.0603. The average Bonchev–Trinajstić information content (AvgIpc) is 3.69. The number of amides is 6. The number of nitrogens with zero attached hydrogens (tertiary/aromatic N) is 7. The van der Waals surface area contributed by atoms with Gasteiger partial charge >= 0.3 is 6.03 Å². The van der Waals surface area contributed by atoms with Crippen molar-refractivity contribution in [2.45, 2.75) is 69.6 Å². The van der Waals surface area contributed by atoms with Gasteiger partial charge in [0, 0.05) is 99.9 Å². The van der Waals surface area contributed by atoms with Crippen molar-refractivity contribution in [3.8, 4) is 17.9 Å². The second-order valence-electron chi connectivity index (χ2n) is 16.7. The van der Waals surface area contributed by atoms with Crippen LogP contribution in [0.5, 0.6) is 0 Å². The largest absolute Gasteiger partial charge is 0.379 e. The number of nitriles is 1. The fraction of sp³-hybridized carbons (Fsp3) is 0.396. The summed E-state index contributed by atoms with van der Waals surface area (Å²) >= 11 is 0. The molecule has 4 aliphatic rings. The third kappa shape index (κ3) is 11.3. The van der Waals surface area contributed by atoms with Crippen molar-refractivity contribution < 1.29 is 28.7 Å². The normalized spacial score (nSPS) is 19.1. The second-order valence-corrected chi connectivity index (χ2v) is 16.7. The van der Waals surface area contributed by atoms with Gasteiger partial charge in [-0.15, -0.1) is 0 Å². The molecule has 67 heavy (non-hydrogen) atoms. The lowest BCUT2D eigenvalue weighted by Gasteiger charge is -2.37. The number of nitrogens with one attached hydrogen (secondary N) is 6. The topological polar surface area (TPSA) is 239 Å². The third-order valence-electron chi connectivity index (χ3n) is 12.4. The molecular formula is C48H53N13O6. The number of fused-ring (bicyclic) bond motifs is 1. The highest BCUT2D eigenvalue weighted by Crippen LogP contribution is 2.30. The number of ether oxygens (including phenoxy) is 1. The summed E-state index contributed by atoms with van der Waals surface area (Å²) in [7, 11) is 1.52. The molecule has 1 unspecified atom stereocenters. The molecule has 2 aromatic carbocycles. The second kappa shape index (κ2) is 21.6. The predicted molar refractivity (Wildman–Crippen MR) is 249 cm³/mol. The zero-order chi connectivity index (χ0) is 46.7. The molecule has 0 spiro atoms. The van der Waals surface area contributed by atoms with Gasteiger partial charge in [0.05, 0.1) is 25.1 Å². The molecule has 4 aromatic rings. The van der Waals surface area contributed by atoms with E-state index in [0.29, 0.717) is 76.1 Å². The highest BCUT2D eigenvalue weighted by atomic mass is 16.5. The van der Waals surface area contributed by atoms with Gasteiger partial charge in [-0.25, -0.2) is 14.8 Å². The molecule has 0 radical (unpaired) electrons. The first-order valence-corrected chi connectivity index (χ1v) is 22.6. The maximum Gasteiger partial charge on any atom is 0.317 e. The number of rotatable bonds is 14. The molecule has 3 fully saturated rings. The zero-order valence-corrected chi connectivity index (χ0v) is 37.3. The first-order chi connectivity index (χ1) is 32.7. The summed E-state index contributed by atoms with van der Waals surface area (Å²) < 4.78 is 5.84. The minimum atomic E-state index is -0.658. The summed E-state index contributed by atoms with van der Waals surface area (Å²) in [6.45, 7) is 4.70. The minimum Gasteiger partial charge on any atom is -0.379 e. The highest BCUT2D eigenvalue weighted by Gasteiger charge is 2.39. The van der Waals surface area contributed by atoms with Gasteiger partial charge in [-0.1, -0.05) is 17.9 Å². The van der Waals surface area contributed by atoms with Gasteiger partial charge in [-0.2, -0.15) is 10.2 Å². The number of hydrogen-bond donors (Lipinski definition) is 6. The van der Waals surface area contributed by atoms with Gasteiger partial charge in [0.1, 0.15) is 17.7 Å². The van der Waals surface area contributed by atoms with Crippen molar-refractivity contribution in [2.75, 3.05) is 68.5 Å². The number of imide groups is 1. The zero-order valence-electron chi connectivity index (χ0n) is 37.3. The number of aromatic nitrogens is 3. The van der Waals surface area contributed by atoms with Gasteiger partial charge in [-0.3, -0.25) is 24.5 Å². The molecular weight excluding hydrogens is 855 g/mol. The van der Waals surface area contributed by atoms with Crippen LogP contribution in [-0.2, 0) is 20.9 Å². The minimum absolute atomic E-state index is 0.0175. The van der Waals surface area contributed by atoms with E-state index in [1.807, 2.05) is 35.2 Å². The van der Waals surface area contributed by atoms with Crippen LogP contribution in [-0.4, -0.2) is 126 Å². The van der Waals surface area contributed by atoms with E-state index >= 15 is 0 Å². The monoisotopic (exact) mass is 907 g/mol. The molecule has 8 rings (SSSR count). The highest BCUT2D eigenvalue weighted by molar-refractivity contribution is 6.05. The summed E-state index contributed by atoms with van der Waals surface area (Å²) in [6.07, 6.45) is 7.76. The fourth-order valence-corrected chi connectivity index (χ4v) is 8.73. The van der Waals surface area contributed by atoms with Crippen LogP contribution in [0.2, 0.25) is 0 Å². The first kappa shape index (κ1) is 45.9. The number of piperidine rings is 1. The molecule has 2 aromatic heterocycles. The lowest BCUT2D eigenvalue weighted by Crippen LogP contribution is -2.54. The third-order valence-corrected chi connectivity index (χ3v) is 12.4. The molecule has 5 heterocycles. The Balaban J connectivity index is 0.701. The van der Waals surface area contributed by atoms with Crippen molar-refractivity contribution in [3.63, 3.8) is 0 Å². The number of urea groups is 1. The number of benzene rings is 2. The van der Waals surface area contributed by atoms with Gasteiger partial charge in [-0.05, 0) is 86.2 Å². The van der Waals surface area contributed by atoms with E-state index in [1.165, 1.54) is 24.3 Å². The maximum atomic E-state index is 13.2. The van der Waals surface area contributed by atoms with Crippen molar-refractivity contribution in [1.82, 2.24) is 46.0 Å². The van der Waals surface area contributed by atoms with Crippen molar-refractivity contribution in [2.24, 2.45) is 0 Å². The van der Waals surface area contributed by atoms with Gasteiger partial charge in [0.2, 0.25) is 17.8 Å². The Morgan fingerprint density at radius 3 is 2.45 bits per heavy atom. The molecule has 19 heteroatoms. The molecule has 19 nitrogen and oxygen atoms in total. The van der Waals surface area contributed by atoms with E-state index in [1.54, 1.807) is 24.3 Å². The van der Waals surface area contributed by atoms with Crippen LogP contribution in [0.3, 0.4) is 0 Å². The standard InChI is InChI=1S/C48H53N13O6/c1-50-45(64)42-39(9-5-20-52-42)56-43-32(28-49)29-53-47(58-43)54-34-14-16-36(17-15-34)59-22-24-60(25-23-59)48(66)55-35-12-10-33(11-13-35)51-21-27-67-26-3-2-6-31-7-4-8-37-38(31)30-61(46(37)65)40-18-19-41(62)57-44(40)63/h4-5,7-9,14-17,20,29,33,35,40,51H,3,10-13,18-19,21-27,30H2,1H3,(H,50,64)(H,55,66)(H,57,62,63)(H2,53,54,56,58). The molecule has 346 valence electrons.